The maximum Gasteiger partial charge on any atom is 0.573 e. The van der Waals surface area contributed by atoms with E-state index in [1.54, 1.807) is 12.1 Å². The number of hydrogen-bond acceptors (Lipinski definition) is 1. The maximum absolute atomic E-state index is 12.1. The van der Waals surface area contributed by atoms with Crippen molar-refractivity contribution in [2.75, 3.05) is 0 Å². The van der Waals surface area contributed by atoms with Gasteiger partial charge in [0, 0.05) is 18.3 Å². The van der Waals surface area contributed by atoms with Gasteiger partial charge in [0.15, 0.2) is 0 Å². The Bertz CT molecular complexity index is 744. The Morgan fingerprint density at radius 2 is 1.62 bits per heavy atom. The summed E-state index contributed by atoms with van der Waals surface area (Å²) in [6, 6.07) is 15.9. The minimum atomic E-state index is -4.65. The molecule has 1 aromatic heterocycles. The van der Waals surface area contributed by atoms with E-state index in [-0.39, 0.29) is 5.75 Å². The van der Waals surface area contributed by atoms with E-state index in [1.807, 2.05) is 36.5 Å². The highest BCUT2D eigenvalue weighted by Gasteiger charge is 2.30. The Morgan fingerprint density at radius 1 is 0.905 bits per heavy atom. The second-order valence-corrected chi connectivity index (χ2v) is 4.69. The summed E-state index contributed by atoms with van der Waals surface area (Å²) in [4.78, 5) is 0. The quantitative estimate of drug-likeness (QED) is 0.688. The van der Waals surface area contributed by atoms with Crippen molar-refractivity contribution < 1.29 is 17.9 Å². The van der Waals surface area contributed by atoms with Crippen LogP contribution in [0.4, 0.5) is 13.2 Å². The zero-order valence-corrected chi connectivity index (χ0v) is 11.0. The minimum absolute atomic E-state index is 0.205. The van der Waals surface area contributed by atoms with Gasteiger partial charge in [0.2, 0.25) is 0 Å². The van der Waals surface area contributed by atoms with Crippen LogP contribution in [0.3, 0.4) is 0 Å². The molecule has 2 aromatic carbocycles. The lowest BCUT2D eigenvalue weighted by atomic mass is 10.2. The van der Waals surface area contributed by atoms with Gasteiger partial charge in [-0.25, -0.2) is 0 Å². The molecular weight excluding hydrogens is 279 g/mol. The van der Waals surface area contributed by atoms with Gasteiger partial charge in [-0.1, -0.05) is 30.3 Å². The van der Waals surface area contributed by atoms with E-state index in [9.17, 15) is 13.2 Å². The van der Waals surface area contributed by atoms with Crippen LogP contribution in [0, 0.1) is 0 Å². The van der Waals surface area contributed by atoms with Crippen molar-refractivity contribution in [3.8, 4) is 5.75 Å². The standard InChI is InChI=1S/C16H12F3NO/c17-16(18,19)21-14-7-5-12(6-8-14)11-20-10-9-13-3-1-2-4-15(13)20/h1-10H,11H2. The van der Waals surface area contributed by atoms with Crippen LogP contribution in [-0.2, 0) is 6.54 Å². The summed E-state index contributed by atoms with van der Waals surface area (Å²) in [5, 5.41) is 1.13. The molecule has 0 N–H and O–H groups in total. The third-order valence-electron chi connectivity index (χ3n) is 3.19. The highest BCUT2D eigenvalue weighted by atomic mass is 19.4. The lowest BCUT2D eigenvalue weighted by Crippen LogP contribution is -2.17. The predicted octanol–water partition coefficient (Wildman–Crippen LogP) is 4.59. The van der Waals surface area contributed by atoms with Crippen LogP contribution in [-0.4, -0.2) is 10.9 Å². The highest BCUT2D eigenvalue weighted by molar-refractivity contribution is 5.80. The summed E-state index contributed by atoms with van der Waals surface area (Å²) in [5.41, 5.74) is 2.00. The van der Waals surface area contributed by atoms with Crippen LogP contribution in [0.2, 0.25) is 0 Å². The van der Waals surface area contributed by atoms with E-state index >= 15 is 0 Å². The van der Waals surface area contributed by atoms with Crippen LogP contribution in [0.1, 0.15) is 5.56 Å². The Hall–Kier alpha value is -2.43. The molecule has 0 aliphatic carbocycles. The first-order valence-corrected chi connectivity index (χ1v) is 6.40. The lowest BCUT2D eigenvalue weighted by molar-refractivity contribution is -0.274. The van der Waals surface area contributed by atoms with E-state index < -0.39 is 6.36 Å². The molecule has 0 fully saturated rings. The summed E-state index contributed by atoms with van der Waals surface area (Å²) < 4.78 is 42.2. The van der Waals surface area contributed by atoms with Crippen LogP contribution >= 0.6 is 0 Å². The third kappa shape index (κ3) is 3.18. The molecule has 0 aliphatic heterocycles. The molecule has 0 atom stereocenters. The molecule has 0 saturated carbocycles. The number of alkyl halides is 3. The molecule has 1 heterocycles. The van der Waals surface area contributed by atoms with E-state index in [4.69, 9.17) is 0 Å². The first kappa shape index (κ1) is 13.5. The minimum Gasteiger partial charge on any atom is -0.406 e. The van der Waals surface area contributed by atoms with Gasteiger partial charge in [-0.05, 0) is 35.2 Å². The number of halogens is 3. The van der Waals surface area contributed by atoms with Crippen LogP contribution in [0.25, 0.3) is 10.9 Å². The van der Waals surface area contributed by atoms with Gasteiger partial charge < -0.3 is 9.30 Å². The molecule has 3 rings (SSSR count). The number of ether oxygens (including phenoxy) is 1. The van der Waals surface area contributed by atoms with Crippen molar-refractivity contribution in [2.45, 2.75) is 12.9 Å². The van der Waals surface area contributed by atoms with Crippen molar-refractivity contribution in [2.24, 2.45) is 0 Å². The summed E-state index contributed by atoms with van der Waals surface area (Å²) >= 11 is 0. The van der Waals surface area contributed by atoms with Crippen molar-refractivity contribution in [3.63, 3.8) is 0 Å². The fourth-order valence-electron chi connectivity index (χ4n) is 2.27. The van der Waals surface area contributed by atoms with Gasteiger partial charge in [-0.3, -0.25) is 0 Å². The Balaban J connectivity index is 1.79. The molecule has 5 heteroatoms. The van der Waals surface area contributed by atoms with E-state index in [2.05, 4.69) is 9.30 Å². The first-order valence-electron chi connectivity index (χ1n) is 6.40. The first-order chi connectivity index (χ1) is 10.0. The van der Waals surface area contributed by atoms with E-state index in [1.165, 1.54) is 12.1 Å². The topological polar surface area (TPSA) is 14.2 Å². The molecule has 0 aliphatic rings. The largest absolute Gasteiger partial charge is 0.573 e. The predicted molar refractivity (Wildman–Crippen MR) is 74.2 cm³/mol. The molecule has 108 valence electrons. The number of rotatable bonds is 3. The summed E-state index contributed by atoms with van der Waals surface area (Å²) in [7, 11) is 0. The zero-order chi connectivity index (χ0) is 14.9. The molecular formula is C16H12F3NO. The van der Waals surface area contributed by atoms with E-state index in [0.29, 0.717) is 6.54 Å². The fraction of sp³-hybridized carbons (Fsp3) is 0.125. The van der Waals surface area contributed by atoms with E-state index in [0.717, 1.165) is 16.5 Å². The summed E-state index contributed by atoms with van der Waals surface area (Å²) in [6.07, 6.45) is -2.69. The zero-order valence-electron chi connectivity index (χ0n) is 11.0. The number of benzene rings is 2. The smallest absolute Gasteiger partial charge is 0.406 e. The van der Waals surface area contributed by atoms with Crippen LogP contribution < -0.4 is 4.74 Å². The normalized spacial score (nSPS) is 11.8. The lowest BCUT2D eigenvalue weighted by Gasteiger charge is -2.10. The number of para-hydroxylation sites is 1. The molecule has 2 nitrogen and oxygen atoms in total. The number of fused-ring (bicyclic) bond motifs is 1. The van der Waals surface area contributed by atoms with Gasteiger partial charge in [0.1, 0.15) is 5.75 Å². The van der Waals surface area contributed by atoms with Crippen LogP contribution in [0.5, 0.6) is 5.75 Å². The van der Waals surface area contributed by atoms with Crippen molar-refractivity contribution in [3.05, 3.63) is 66.4 Å². The Kier molecular flexibility index (Phi) is 3.33. The molecule has 0 radical (unpaired) electrons. The molecule has 0 saturated heterocycles. The van der Waals surface area contributed by atoms with Gasteiger partial charge in [0.05, 0.1) is 0 Å². The third-order valence-corrected chi connectivity index (χ3v) is 3.19. The second-order valence-electron chi connectivity index (χ2n) is 4.69. The van der Waals surface area contributed by atoms with Gasteiger partial charge in [0.25, 0.3) is 0 Å². The summed E-state index contributed by atoms with van der Waals surface area (Å²) in [6.45, 7) is 0.597. The maximum atomic E-state index is 12.1. The molecule has 0 bridgehead atoms. The molecule has 0 spiro atoms. The SMILES string of the molecule is FC(F)(F)Oc1ccc(Cn2ccc3ccccc32)cc1. The molecule has 0 unspecified atom stereocenters. The number of nitrogens with zero attached hydrogens (tertiary/aromatic N) is 1. The van der Waals surface area contributed by atoms with Gasteiger partial charge in [-0.15, -0.1) is 13.2 Å². The second kappa shape index (κ2) is 5.16. The van der Waals surface area contributed by atoms with Crippen molar-refractivity contribution in [1.29, 1.82) is 0 Å². The molecule has 21 heavy (non-hydrogen) atoms. The highest BCUT2D eigenvalue weighted by Crippen LogP contribution is 2.23. The van der Waals surface area contributed by atoms with Crippen molar-refractivity contribution >= 4 is 10.9 Å². The van der Waals surface area contributed by atoms with Gasteiger partial charge in [-0.2, -0.15) is 0 Å². The number of aromatic nitrogens is 1. The number of hydrogen-bond donors (Lipinski definition) is 0. The Labute approximate surface area is 119 Å². The summed E-state index contributed by atoms with van der Waals surface area (Å²) in [5.74, 6) is -0.205. The fourth-order valence-corrected chi connectivity index (χ4v) is 2.27. The average molecular weight is 291 g/mol. The Morgan fingerprint density at radius 3 is 2.33 bits per heavy atom. The van der Waals surface area contributed by atoms with Crippen LogP contribution in [0.15, 0.2) is 60.8 Å². The van der Waals surface area contributed by atoms with Gasteiger partial charge >= 0.3 is 6.36 Å². The average Bonchev–Trinajstić information content (AvgIpc) is 2.83. The van der Waals surface area contributed by atoms with Crippen molar-refractivity contribution in [1.82, 2.24) is 4.57 Å². The monoisotopic (exact) mass is 291 g/mol. The molecule has 0 amide bonds. The molecule has 3 aromatic rings.